The van der Waals surface area contributed by atoms with Crippen molar-refractivity contribution < 1.29 is 9.13 Å². The van der Waals surface area contributed by atoms with Gasteiger partial charge in [0.15, 0.2) is 0 Å². The van der Waals surface area contributed by atoms with Gasteiger partial charge in [0, 0.05) is 43.3 Å². The van der Waals surface area contributed by atoms with Crippen LogP contribution in [0.4, 0.5) is 4.39 Å². The van der Waals surface area contributed by atoms with E-state index in [-0.39, 0.29) is 6.04 Å². The number of halogens is 1. The van der Waals surface area contributed by atoms with E-state index in [1.807, 2.05) is 25.1 Å². The summed E-state index contributed by atoms with van der Waals surface area (Å²) < 4.78 is 19.8. The fraction of sp³-hybridized carbons (Fsp3) is 0.462. The van der Waals surface area contributed by atoms with Crippen LogP contribution in [-0.2, 0) is 0 Å². The van der Waals surface area contributed by atoms with E-state index >= 15 is 0 Å². The lowest BCUT2D eigenvalue weighted by Crippen LogP contribution is -2.46. The largest absolute Gasteiger partial charge is 0.494 e. The summed E-state index contributed by atoms with van der Waals surface area (Å²) in [7, 11) is 1.70. The van der Waals surface area contributed by atoms with Crippen LogP contribution in [0.3, 0.4) is 0 Å². The molecule has 1 N–H and O–H groups in total. The third-order valence-corrected chi connectivity index (χ3v) is 6.60. The summed E-state index contributed by atoms with van der Waals surface area (Å²) >= 11 is 0. The zero-order valence-electron chi connectivity index (χ0n) is 18.7. The van der Waals surface area contributed by atoms with Crippen molar-refractivity contribution in [1.29, 1.82) is 5.41 Å². The van der Waals surface area contributed by atoms with Crippen molar-refractivity contribution in [2.24, 2.45) is 4.99 Å². The minimum atomic E-state index is -0.887. The first kappa shape index (κ1) is 21.5. The highest BCUT2D eigenvalue weighted by Crippen LogP contribution is 2.30. The zero-order valence-corrected chi connectivity index (χ0v) is 18.7. The first-order valence-electron chi connectivity index (χ1n) is 11.3. The van der Waals surface area contributed by atoms with Crippen LogP contribution >= 0.6 is 0 Å². The average molecular weight is 422 g/mol. The van der Waals surface area contributed by atoms with Crippen molar-refractivity contribution in [3.63, 3.8) is 0 Å². The van der Waals surface area contributed by atoms with Crippen LogP contribution in [0.25, 0.3) is 11.3 Å². The summed E-state index contributed by atoms with van der Waals surface area (Å²) in [6, 6.07) is 4.34. The smallest absolute Gasteiger partial charge is 0.145 e. The number of hydrogen-bond acceptors (Lipinski definition) is 4. The Kier molecular flexibility index (Phi) is 6.40. The fourth-order valence-corrected chi connectivity index (χ4v) is 4.62. The number of fused-ring (bicyclic) bond motifs is 1. The van der Waals surface area contributed by atoms with Crippen LogP contribution < -0.4 is 15.3 Å². The van der Waals surface area contributed by atoms with E-state index in [0.29, 0.717) is 12.8 Å². The van der Waals surface area contributed by atoms with Crippen molar-refractivity contribution in [1.82, 2.24) is 4.90 Å². The molecule has 4 nitrogen and oxygen atoms in total. The van der Waals surface area contributed by atoms with Crippen molar-refractivity contribution in [2.45, 2.75) is 58.2 Å². The lowest BCUT2D eigenvalue weighted by atomic mass is 9.91. The number of methoxy groups -OCH3 is 1. The number of nitrogens with zero attached hydrogens (tertiary/aromatic N) is 2. The molecule has 2 atom stereocenters. The Labute approximate surface area is 184 Å². The van der Waals surface area contributed by atoms with E-state index in [0.717, 1.165) is 59.0 Å². The predicted molar refractivity (Wildman–Crippen MR) is 125 cm³/mol. The van der Waals surface area contributed by atoms with Crippen LogP contribution in [0, 0.1) is 5.41 Å². The number of ether oxygens (including phenoxy) is 1. The summed E-state index contributed by atoms with van der Waals surface area (Å²) in [6.45, 7) is 6.17. The van der Waals surface area contributed by atoms with Crippen molar-refractivity contribution in [2.75, 3.05) is 20.2 Å². The molecule has 0 saturated carbocycles. The number of alkyl halides is 1. The molecule has 2 unspecified atom stereocenters. The first-order chi connectivity index (χ1) is 15.0. The number of nitrogens with one attached hydrogen (secondary N) is 1. The Morgan fingerprint density at radius 3 is 2.77 bits per heavy atom. The van der Waals surface area contributed by atoms with Crippen LogP contribution in [0.5, 0.6) is 5.75 Å². The van der Waals surface area contributed by atoms with Crippen LogP contribution in [0.15, 0.2) is 46.5 Å². The summed E-state index contributed by atoms with van der Waals surface area (Å²) in [6.07, 6.45) is 10.7. The highest BCUT2D eigenvalue weighted by atomic mass is 19.1. The van der Waals surface area contributed by atoms with E-state index < -0.39 is 6.17 Å². The van der Waals surface area contributed by atoms with Crippen molar-refractivity contribution >= 4 is 17.5 Å². The van der Waals surface area contributed by atoms with Gasteiger partial charge in [0.25, 0.3) is 0 Å². The van der Waals surface area contributed by atoms with Gasteiger partial charge < -0.3 is 15.0 Å². The molecule has 3 aliphatic rings. The standard InChI is InChI=1S/C26H32FN3O/c1-4-18(7-5-10-28)23-16-24(30-11-6-12-30)21-14-20(15-25(31-3)26(21)29-23)19-8-9-22(27)17(2)13-19/h7-8,10,13-15,22-23,28H,4-6,9,11-12,16H2,1-3H3/b18-7+,28-10?. The van der Waals surface area contributed by atoms with E-state index in [1.54, 1.807) is 7.11 Å². The maximum absolute atomic E-state index is 14.0. The molecule has 4 rings (SSSR count). The topological polar surface area (TPSA) is 48.7 Å². The number of allylic oxidation sites excluding steroid dienone is 5. The molecule has 0 bridgehead atoms. The third-order valence-electron chi connectivity index (χ3n) is 6.60. The van der Waals surface area contributed by atoms with Crippen LogP contribution in [-0.4, -0.2) is 43.5 Å². The normalized spacial score (nSPS) is 23.3. The Balaban J connectivity index is 1.88. The van der Waals surface area contributed by atoms with E-state index in [4.69, 9.17) is 15.1 Å². The summed E-state index contributed by atoms with van der Waals surface area (Å²) in [5.74, 6) is 0.770. The second-order valence-corrected chi connectivity index (χ2v) is 8.53. The highest BCUT2D eigenvalue weighted by molar-refractivity contribution is 5.77. The second kappa shape index (κ2) is 9.21. The van der Waals surface area contributed by atoms with Gasteiger partial charge in [-0.2, -0.15) is 0 Å². The molecular formula is C26H32FN3O. The number of hydrogen-bond donors (Lipinski definition) is 1. The summed E-state index contributed by atoms with van der Waals surface area (Å²) in [4.78, 5) is 7.59. The molecule has 31 heavy (non-hydrogen) atoms. The summed E-state index contributed by atoms with van der Waals surface area (Å²) in [5.41, 5.74) is 5.49. The minimum absolute atomic E-state index is 0.0798. The average Bonchev–Trinajstić information content (AvgIpc) is 2.74. The van der Waals surface area contributed by atoms with Crippen LogP contribution in [0.1, 0.15) is 51.5 Å². The fourth-order valence-electron chi connectivity index (χ4n) is 4.62. The van der Waals surface area contributed by atoms with Gasteiger partial charge in [-0.1, -0.05) is 25.2 Å². The van der Waals surface area contributed by atoms with E-state index in [9.17, 15) is 4.39 Å². The molecule has 0 amide bonds. The molecular weight excluding hydrogens is 389 g/mol. The molecule has 0 spiro atoms. The SMILES string of the molecule is CC/C(=C\CC=N)C1CC(N2CCC2)=c2cc(C3=CCC(F)C(C)=C3)cc(OC)c2=N1. The van der Waals surface area contributed by atoms with Gasteiger partial charge in [-0.3, -0.25) is 4.99 Å². The first-order valence-corrected chi connectivity index (χ1v) is 11.3. The van der Waals surface area contributed by atoms with Crippen LogP contribution in [0.2, 0.25) is 0 Å². The Morgan fingerprint density at radius 1 is 1.35 bits per heavy atom. The molecule has 1 fully saturated rings. The third kappa shape index (κ3) is 4.23. The van der Waals surface area contributed by atoms with Crippen molar-refractivity contribution in [3.8, 4) is 5.75 Å². The van der Waals surface area contributed by atoms with E-state index in [1.165, 1.54) is 23.9 Å². The minimum Gasteiger partial charge on any atom is -0.494 e. The molecule has 1 aromatic rings. The lowest BCUT2D eigenvalue weighted by Gasteiger charge is -2.38. The Hall–Kier alpha value is -2.69. The zero-order chi connectivity index (χ0) is 22.0. The Bertz CT molecular complexity index is 1080. The monoisotopic (exact) mass is 421 g/mol. The summed E-state index contributed by atoms with van der Waals surface area (Å²) in [5, 5.41) is 9.45. The Morgan fingerprint density at radius 2 is 2.16 bits per heavy atom. The number of rotatable bonds is 7. The van der Waals surface area contributed by atoms with Gasteiger partial charge in [-0.15, -0.1) is 0 Å². The highest BCUT2D eigenvalue weighted by Gasteiger charge is 2.27. The van der Waals surface area contributed by atoms with E-state index in [2.05, 4.69) is 24.0 Å². The van der Waals surface area contributed by atoms with Gasteiger partial charge >= 0.3 is 0 Å². The molecule has 164 valence electrons. The van der Waals surface area contributed by atoms with Gasteiger partial charge in [0.1, 0.15) is 17.3 Å². The predicted octanol–water partition coefficient (Wildman–Crippen LogP) is 4.35. The number of likely N-dealkylation sites (tertiary alicyclic amines) is 1. The van der Waals surface area contributed by atoms with Gasteiger partial charge in [0.05, 0.1) is 13.2 Å². The lowest BCUT2D eigenvalue weighted by molar-refractivity contribution is 0.268. The maximum Gasteiger partial charge on any atom is 0.145 e. The molecule has 1 aliphatic carbocycles. The number of benzene rings is 1. The molecule has 0 radical (unpaired) electrons. The molecule has 2 aliphatic heterocycles. The molecule has 1 saturated heterocycles. The van der Waals surface area contributed by atoms with Gasteiger partial charge in [0.2, 0.25) is 0 Å². The molecule has 0 aromatic heterocycles. The van der Waals surface area contributed by atoms with Crippen molar-refractivity contribution in [3.05, 3.63) is 57.6 Å². The van der Waals surface area contributed by atoms with Gasteiger partial charge in [-0.05, 0) is 60.4 Å². The quantitative estimate of drug-likeness (QED) is 0.526. The molecule has 2 heterocycles. The van der Waals surface area contributed by atoms with Gasteiger partial charge in [-0.25, -0.2) is 4.39 Å². The second-order valence-electron chi connectivity index (χ2n) is 8.53. The molecule has 1 aromatic carbocycles. The molecule has 5 heteroatoms. The maximum atomic E-state index is 14.0.